The first-order valence-electron chi connectivity index (χ1n) is 9.57. The Hall–Kier alpha value is -0.0400. The highest BCUT2D eigenvalue weighted by atomic mass is 14.9. The molecular formula is C20H37N. The van der Waals surface area contributed by atoms with Gasteiger partial charge in [-0.3, -0.25) is 0 Å². The van der Waals surface area contributed by atoms with Gasteiger partial charge in [-0.05, 0) is 80.6 Å². The van der Waals surface area contributed by atoms with Gasteiger partial charge in [0, 0.05) is 6.04 Å². The third kappa shape index (κ3) is 3.19. The van der Waals surface area contributed by atoms with E-state index in [9.17, 15) is 0 Å². The van der Waals surface area contributed by atoms with E-state index in [1.165, 1.54) is 64.2 Å². The second-order valence-corrected chi connectivity index (χ2v) is 9.82. The summed E-state index contributed by atoms with van der Waals surface area (Å²) in [5, 5.41) is 3.66. The summed E-state index contributed by atoms with van der Waals surface area (Å²) in [7, 11) is 2.19. The molecule has 0 spiro atoms. The Kier molecular flexibility index (Phi) is 4.19. The van der Waals surface area contributed by atoms with Gasteiger partial charge in [-0.1, -0.05) is 40.0 Å². The molecule has 4 aliphatic rings. The van der Waals surface area contributed by atoms with Crippen molar-refractivity contribution in [3.8, 4) is 0 Å². The van der Waals surface area contributed by atoms with Crippen molar-refractivity contribution in [3.63, 3.8) is 0 Å². The predicted molar refractivity (Wildman–Crippen MR) is 91.4 cm³/mol. The van der Waals surface area contributed by atoms with Crippen LogP contribution in [0.5, 0.6) is 0 Å². The minimum absolute atomic E-state index is 0.676. The highest BCUT2D eigenvalue weighted by Gasteiger charge is 2.59. The molecule has 0 aromatic rings. The fourth-order valence-corrected chi connectivity index (χ4v) is 7.42. The van der Waals surface area contributed by atoms with Crippen molar-refractivity contribution in [2.75, 3.05) is 7.05 Å². The standard InChI is InChI=1S/C20H37N/c1-5-6-7-8-17(21-4)12-20-11-16-9-18(2,14-20)13-19(3,10-16)15-20/h16-17,21H,5-15H2,1-4H3. The number of hydrogen-bond acceptors (Lipinski definition) is 1. The second kappa shape index (κ2) is 5.55. The van der Waals surface area contributed by atoms with E-state index in [1.807, 2.05) is 0 Å². The van der Waals surface area contributed by atoms with Gasteiger partial charge in [-0.15, -0.1) is 0 Å². The molecule has 0 aromatic carbocycles. The van der Waals surface area contributed by atoms with Crippen LogP contribution in [0.1, 0.15) is 91.4 Å². The molecule has 0 aromatic heterocycles. The fraction of sp³-hybridized carbons (Fsp3) is 1.00. The van der Waals surface area contributed by atoms with Crippen LogP contribution in [-0.4, -0.2) is 13.1 Å². The van der Waals surface area contributed by atoms with E-state index in [0.717, 1.165) is 12.0 Å². The van der Waals surface area contributed by atoms with Crippen molar-refractivity contribution in [3.05, 3.63) is 0 Å². The van der Waals surface area contributed by atoms with E-state index in [-0.39, 0.29) is 0 Å². The first kappa shape index (κ1) is 15.8. The zero-order chi connectivity index (χ0) is 15.1. The van der Waals surface area contributed by atoms with Crippen LogP contribution in [0.3, 0.4) is 0 Å². The molecule has 4 aliphatic carbocycles. The molecule has 0 saturated heterocycles. The van der Waals surface area contributed by atoms with Gasteiger partial charge in [-0.25, -0.2) is 0 Å². The summed E-state index contributed by atoms with van der Waals surface area (Å²) in [5.74, 6) is 1.05. The van der Waals surface area contributed by atoms with Gasteiger partial charge in [-0.2, -0.15) is 0 Å². The summed E-state index contributed by atoms with van der Waals surface area (Å²) in [4.78, 5) is 0. The Labute approximate surface area is 132 Å². The lowest BCUT2D eigenvalue weighted by Gasteiger charge is -2.66. The largest absolute Gasteiger partial charge is 0.317 e. The van der Waals surface area contributed by atoms with Crippen LogP contribution in [0, 0.1) is 22.2 Å². The molecule has 4 saturated carbocycles. The van der Waals surface area contributed by atoms with Gasteiger partial charge in [0.2, 0.25) is 0 Å². The van der Waals surface area contributed by atoms with Crippen LogP contribution >= 0.6 is 0 Å². The number of hydrogen-bond donors (Lipinski definition) is 1. The monoisotopic (exact) mass is 291 g/mol. The lowest BCUT2D eigenvalue weighted by molar-refractivity contribution is -0.150. The van der Waals surface area contributed by atoms with Gasteiger partial charge in [0.25, 0.3) is 0 Å². The summed E-state index contributed by atoms with van der Waals surface area (Å²) in [6.45, 7) is 7.53. The number of unbranched alkanes of at least 4 members (excludes halogenated alkanes) is 2. The van der Waals surface area contributed by atoms with Crippen molar-refractivity contribution in [1.29, 1.82) is 0 Å². The van der Waals surface area contributed by atoms with Crippen LogP contribution < -0.4 is 5.32 Å². The molecule has 4 rings (SSSR count). The minimum Gasteiger partial charge on any atom is -0.317 e. The van der Waals surface area contributed by atoms with Crippen molar-refractivity contribution >= 4 is 0 Å². The quantitative estimate of drug-likeness (QED) is 0.607. The maximum absolute atomic E-state index is 3.66. The molecule has 0 aliphatic heterocycles. The number of rotatable bonds is 7. The Morgan fingerprint density at radius 3 is 2.19 bits per heavy atom. The van der Waals surface area contributed by atoms with Crippen molar-refractivity contribution in [2.24, 2.45) is 22.2 Å². The van der Waals surface area contributed by atoms with Gasteiger partial charge in [0.05, 0.1) is 0 Å². The molecule has 3 atom stereocenters. The summed E-state index contributed by atoms with van der Waals surface area (Å²) >= 11 is 0. The number of nitrogens with one attached hydrogen (secondary N) is 1. The van der Waals surface area contributed by atoms with E-state index < -0.39 is 0 Å². The topological polar surface area (TPSA) is 12.0 Å². The summed E-state index contributed by atoms with van der Waals surface area (Å²) in [6.07, 6.45) is 16.2. The van der Waals surface area contributed by atoms with Crippen LogP contribution in [0.25, 0.3) is 0 Å². The second-order valence-electron chi connectivity index (χ2n) is 9.82. The Morgan fingerprint density at radius 2 is 1.67 bits per heavy atom. The van der Waals surface area contributed by atoms with Gasteiger partial charge >= 0.3 is 0 Å². The van der Waals surface area contributed by atoms with Gasteiger partial charge in [0.15, 0.2) is 0 Å². The van der Waals surface area contributed by atoms with Crippen LogP contribution in [0.2, 0.25) is 0 Å². The smallest absolute Gasteiger partial charge is 0.00693 e. The zero-order valence-electron chi connectivity index (χ0n) is 14.9. The SMILES string of the molecule is CCCCCC(CC12CC3CC(C)(CC(C)(C3)C1)C2)NC. The molecule has 0 radical (unpaired) electrons. The average molecular weight is 292 g/mol. The van der Waals surface area contributed by atoms with Crippen molar-refractivity contribution in [1.82, 2.24) is 5.32 Å². The summed E-state index contributed by atoms with van der Waals surface area (Å²) in [5.41, 5.74) is 2.04. The molecule has 1 heteroatoms. The molecule has 3 unspecified atom stereocenters. The molecule has 0 heterocycles. The minimum atomic E-state index is 0.676. The lowest BCUT2D eigenvalue weighted by atomic mass is 9.39. The third-order valence-electron chi connectivity index (χ3n) is 6.99. The maximum Gasteiger partial charge on any atom is 0.00693 e. The van der Waals surface area contributed by atoms with E-state index in [1.54, 1.807) is 6.42 Å². The normalized spacial score (nSPS) is 46.0. The Balaban J connectivity index is 1.69. The van der Waals surface area contributed by atoms with Crippen molar-refractivity contribution in [2.45, 2.75) is 97.4 Å². The highest BCUT2D eigenvalue weighted by molar-refractivity contribution is 5.10. The maximum atomic E-state index is 3.66. The van der Waals surface area contributed by atoms with Gasteiger partial charge < -0.3 is 5.32 Å². The van der Waals surface area contributed by atoms with E-state index in [4.69, 9.17) is 0 Å². The molecule has 122 valence electrons. The molecule has 1 N–H and O–H groups in total. The van der Waals surface area contributed by atoms with Gasteiger partial charge in [0.1, 0.15) is 0 Å². The fourth-order valence-electron chi connectivity index (χ4n) is 7.42. The summed E-state index contributed by atoms with van der Waals surface area (Å²) < 4.78 is 0. The molecule has 21 heavy (non-hydrogen) atoms. The molecular weight excluding hydrogens is 254 g/mol. The molecule has 0 amide bonds. The van der Waals surface area contributed by atoms with Crippen molar-refractivity contribution < 1.29 is 0 Å². The van der Waals surface area contributed by atoms with E-state index >= 15 is 0 Å². The van der Waals surface area contributed by atoms with E-state index in [0.29, 0.717) is 16.2 Å². The Bertz CT molecular complexity index is 356. The Morgan fingerprint density at radius 1 is 1.00 bits per heavy atom. The van der Waals surface area contributed by atoms with Crippen LogP contribution in [0.15, 0.2) is 0 Å². The molecule has 4 bridgehead atoms. The summed E-state index contributed by atoms with van der Waals surface area (Å²) in [6, 6.07) is 0.764. The highest BCUT2D eigenvalue weighted by Crippen LogP contribution is 2.70. The first-order valence-corrected chi connectivity index (χ1v) is 9.57. The van der Waals surface area contributed by atoms with E-state index in [2.05, 4.69) is 33.1 Å². The van der Waals surface area contributed by atoms with Crippen LogP contribution in [0.4, 0.5) is 0 Å². The average Bonchev–Trinajstić information content (AvgIpc) is 2.33. The predicted octanol–water partition coefficient (Wildman–Crippen LogP) is 5.54. The van der Waals surface area contributed by atoms with Crippen LogP contribution in [-0.2, 0) is 0 Å². The third-order valence-corrected chi connectivity index (χ3v) is 6.99. The molecule has 4 fully saturated rings. The first-order chi connectivity index (χ1) is 9.90. The molecule has 1 nitrogen and oxygen atoms in total. The zero-order valence-corrected chi connectivity index (χ0v) is 14.9. The lowest BCUT2D eigenvalue weighted by Crippen LogP contribution is -2.56.